The molecule has 0 unspecified atom stereocenters. The van der Waals surface area contributed by atoms with E-state index in [4.69, 9.17) is 4.74 Å². The third-order valence-electron chi connectivity index (χ3n) is 6.25. The number of sulfonamides is 1. The van der Waals surface area contributed by atoms with Crippen LogP contribution in [0.3, 0.4) is 0 Å². The van der Waals surface area contributed by atoms with Crippen LogP contribution in [0.1, 0.15) is 54.0 Å². The van der Waals surface area contributed by atoms with Gasteiger partial charge in [-0.3, -0.25) is 4.98 Å². The number of hydrogen-bond donors (Lipinski definition) is 2. The van der Waals surface area contributed by atoms with Gasteiger partial charge >= 0.3 is 12.0 Å². The molecule has 1 aromatic heterocycles. The molecule has 2 N–H and O–H groups in total. The molecule has 4 rings (SSSR count). The normalized spacial score (nSPS) is 12.3. The van der Waals surface area contributed by atoms with Gasteiger partial charge in [0.2, 0.25) is 0 Å². The average molecular weight is 608 g/mol. The minimum atomic E-state index is -4.25. The molecule has 0 saturated heterocycles. The maximum atomic E-state index is 14.1. The van der Waals surface area contributed by atoms with Crippen molar-refractivity contribution in [3.63, 3.8) is 0 Å². The van der Waals surface area contributed by atoms with Crippen molar-refractivity contribution in [1.29, 1.82) is 0 Å². The van der Waals surface area contributed by atoms with Crippen molar-refractivity contribution in [2.45, 2.75) is 50.7 Å². The predicted molar refractivity (Wildman–Crippen MR) is 158 cm³/mol. The molecule has 0 bridgehead atoms. The number of nitrogens with zero attached hydrogens (tertiary/aromatic N) is 1. The van der Waals surface area contributed by atoms with Gasteiger partial charge in [-0.2, -0.15) is 0 Å². The van der Waals surface area contributed by atoms with Crippen LogP contribution in [0, 0.1) is 18.6 Å². The smallest absolute Gasteiger partial charge is 0.338 e. The number of urea groups is 1. The molecule has 1 heterocycles. The van der Waals surface area contributed by atoms with E-state index >= 15 is 0 Å². The number of benzene rings is 3. The Labute approximate surface area is 249 Å². The first-order valence-corrected chi connectivity index (χ1v) is 14.8. The van der Waals surface area contributed by atoms with Crippen molar-refractivity contribution >= 4 is 22.0 Å². The Morgan fingerprint density at radius 1 is 0.930 bits per heavy atom. The fourth-order valence-corrected chi connectivity index (χ4v) is 5.66. The lowest BCUT2D eigenvalue weighted by Crippen LogP contribution is -2.42. The van der Waals surface area contributed by atoms with Gasteiger partial charge in [-0.15, -0.1) is 0 Å². The highest BCUT2D eigenvalue weighted by Gasteiger charge is 2.26. The van der Waals surface area contributed by atoms with Gasteiger partial charge in [0.1, 0.15) is 17.2 Å². The van der Waals surface area contributed by atoms with E-state index in [1.54, 1.807) is 76.2 Å². The molecule has 4 aromatic rings. The van der Waals surface area contributed by atoms with Crippen LogP contribution in [-0.2, 0) is 21.2 Å². The van der Waals surface area contributed by atoms with Crippen molar-refractivity contribution in [1.82, 2.24) is 15.0 Å². The molecule has 11 heteroatoms. The minimum Gasteiger partial charge on any atom is -0.456 e. The second-order valence-electron chi connectivity index (χ2n) is 10.9. The molecule has 0 aliphatic heterocycles. The van der Waals surface area contributed by atoms with E-state index < -0.39 is 45.3 Å². The van der Waals surface area contributed by atoms with Gasteiger partial charge in [0.15, 0.2) is 0 Å². The highest BCUT2D eigenvalue weighted by atomic mass is 32.2. The van der Waals surface area contributed by atoms with E-state index in [-0.39, 0.29) is 28.1 Å². The van der Waals surface area contributed by atoms with Crippen LogP contribution in [0.15, 0.2) is 90.0 Å². The summed E-state index contributed by atoms with van der Waals surface area (Å²) in [6, 6.07) is 17.0. The molecule has 0 spiro atoms. The number of hydrogen-bond acceptors (Lipinski definition) is 6. The molecule has 0 radical (unpaired) electrons. The number of aromatic nitrogens is 1. The lowest BCUT2D eigenvalue weighted by Gasteiger charge is -2.22. The Bertz CT molecular complexity index is 1750. The highest BCUT2D eigenvalue weighted by molar-refractivity contribution is 7.90. The monoisotopic (exact) mass is 607 g/mol. The zero-order valence-electron chi connectivity index (χ0n) is 24.0. The molecule has 0 fully saturated rings. The van der Waals surface area contributed by atoms with Crippen molar-refractivity contribution < 1.29 is 31.5 Å². The summed E-state index contributed by atoms with van der Waals surface area (Å²) in [4.78, 5) is 30.3. The maximum Gasteiger partial charge on any atom is 0.338 e. The third-order valence-corrected chi connectivity index (χ3v) is 7.75. The molecule has 43 heavy (non-hydrogen) atoms. The third kappa shape index (κ3) is 8.23. The molecular formula is C32H31F2N3O5S. The van der Waals surface area contributed by atoms with Crippen LogP contribution >= 0.6 is 0 Å². The van der Waals surface area contributed by atoms with Crippen LogP contribution in [-0.4, -0.2) is 31.0 Å². The van der Waals surface area contributed by atoms with Gasteiger partial charge in [-0.25, -0.2) is 31.5 Å². The molecule has 1 atom stereocenters. The van der Waals surface area contributed by atoms with E-state index in [1.165, 1.54) is 18.3 Å². The van der Waals surface area contributed by atoms with Crippen LogP contribution < -0.4 is 10.0 Å². The Hall–Kier alpha value is -4.64. The van der Waals surface area contributed by atoms with Crippen molar-refractivity contribution in [2.75, 3.05) is 0 Å². The Morgan fingerprint density at radius 2 is 1.63 bits per heavy atom. The molecule has 0 saturated carbocycles. The zero-order chi connectivity index (χ0) is 31.4. The van der Waals surface area contributed by atoms with Crippen LogP contribution in [0.2, 0.25) is 0 Å². The van der Waals surface area contributed by atoms with Gasteiger partial charge in [0, 0.05) is 17.8 Å². The second-order valence-corrected chi connectivity index (χ2v) is 12.5. The van der Waals surface area contributed by atoms with E-state index in [9.17, 15) is 26.8 Å². The average Bonchev–Trinajstić information content (AvgIpc) is 2.91. The van der Waals surface area contributed by atoms with E-state index in [2.05, 4.69) is 10.3 Å². The van der Waals surface area contributed by atoms with Gasteiger partial charge in [-0.1, -0.05) is 36.4 Å². The number of carbonyl (C=O) groups excluding carboxylic acids is 2. The van der Waals surface area contributed by atoms with Crippen LogP contribution in [0.4, 0.5) is 13.6 Å². The molecule has 0 aliphatic carbocycles. The number of rotatable bonds is 8. The van der Waals surface area contributed by atoms with Crippen molar-refractivity contribution in [3.05, 3.63) is 119 Å². The molecule has 224 valence electrons. The summed E-state index contributed by atoms with van der Waals surface area (Å²) >= 11 is 0. The van der Waals surface area contributed by atoms with Gasteiger partial charge < -0.3 is 10.1 Å². The zero-order valence-corrected chi connectivity index (χ0v) is 24.8. The standard InChI is InChI=1S/C32H31F2N3O5S/c1-20-9-5-6-13-28(20)43(40,41)37-31(39)36-27(17-21-15-24(33)19-25(34)16-21)29-26(12-8-14-35-29)22-10-7-11-23(18-22)30(38)42-32(2,3)4/h5-16,18-19,27H,17H2,1-4H3,(H2,36,37,39)/t27-/m0/s1. The Balaban J connectivity index is 1.73. The molecule has 8 nitrogen and oxygen atoms in total. The molecule has 3 aromatic carbocycles. The largest absolute Gasteiger partial charge is 0.456 e. The summed E-state index contributed by atoms with van der Waals surface area (Å²) < 4.78 is 61.7. The van der Waals surface area contributed by atoms with E-state index in [0.29, 0.717) is 16.7 Å². The summed E-state index contributed by atoms with van der Waals surface area (Å²) in [7, 11) is -4.25. The van der Waals surface area contributed by atoms with Gasteiger partial charge in [0.25, 0.3) is 10.0 Å². The minimum absolute atomic E-state index is 0.0774. The van der Waals surface area contributed by atoms with Crippen molar-refractivity contribution in [2.24, 2.45) is 0 Å². The number of pyridine rings is 1. The SMILES string of the molecule is Cc1ccccc1S(=O)(=O)NC(=O)N[C@@H](Cc1cc(F)cc(F)c1)c1ncccc1-c1cccc(C(=O)OC(C)(C)C)c1. The summed E-state index contributed by atoms with van der Waals surface area (Å²) in [6.07, 6.45) is 1.33. The highest BCUT2D eigenvalue weighted by Crippen LogP contribution is 2.30. The number of halogens is 2. The number of aryl methyl sites for hydroxylation is 1. The molecular weight excluding hydrogens is 576 g/mol. The summed E-state index contributed by atoms with van der Waals surface area (Å²) in [5.74, 6) is -2.16. The van der Waals surface area contributed by atoms with Crippen LogP contribution in [0.5, 0.6) is 0 Å². The number of nitrogens with one attached hydrogen (secondary N) is 2. The summed E-state index contributed by atoms with van der Waals surface area (Å²) in [5.41, 5.74) is 1.52. The predicted octanol–water partition coefficient (Wildman–Crippen LogP) is 6.26. The summed E-state index contributed by atoms with van der Waals surface area (Å²) in [5, 5.41) is 2.62. The Kier molecular flexibility index (Phi) is 9.24. The number of ether oxygens (including phenoxy) is 1. The van der Waals surface area contributed by atoms with Gasteiger partial charge in [0.05, 0.1) is 22.2 Å². The first kappa shape index (κ1) is 31.3. The summed E-state index contributed by atoms with van der Waals surface area (Å²) in [6.45, 7) is 6.86. The first-order valence-electron chi connectivity index (χ1n) is 13.3. The fraction of sp³-hybridized carbons (Fsp3) is 0.219. The number of carbonyl (C=O) groups is 2. The molecule has 2 amide bonds. The Morgan fingerprint density at radius 3 is 2.30 bits per heavy atom. The van der Waals surface area contributed by atoms with E-state index in [1.807, 2.05) is 4.72 Å². The van der Waals surface area contributed by atoms with Gasteiger partial charge in [-0.05, 0) is 87.2 Å². The van der Waals surface area contributed by atoms with Crippen molar-refractivity contribution in [3.8, 4) is 11.1 Å². The fourth-order valence-electron chi connectivity index (χ4n) is 4.49. The number of esters is 1. The van der Waals surface area contributed by atoms with E-state index in [0.717, 1.165) is 18.2 Å². The number of amides is 2. The maximum absolute atomic E-state index is 14.1. The second kappa shape index (κ2) is 12.7. The lowest BCUT2D eigenvalue weighted by molar-refractivity contribution is 0.00694. The lowest BCUT2D eigenvalue weighted by atomic mass is 9.94. The first-order chi connectivity index (χ1) is 20.2. The topological polar surface area (TPSA) is 114 Å². The van der Waals surface area contributed by atoms with Crippen LogP contribution in [0.25, 0.3) is 11.1 Å². The quantitative estimate of drug-likeness (QED) is 0.229. The molecule has 0 aliphatic rings.